The van der Waals surface area contributed by atoms with Crippen LogP contribution in [0.1, 0.15) is 24.0 Å². The first-order valence-electron chi connectivity index (χ1n) is 43.4. The van der Waals surface area contributed by atoms with Crippen molar-refractivity contribution in [3.05, 3.63) is 399 Å². The largest absolute Gasteiger partial charge is 0.278 e. The number of rotatable bonds is 15. The zero-order valence-electron chi connectivity index (χ0n) is 69.3. The molecule has 26 rings (SSSR count). The molecule has 0 bridgehead atoms. The molecule has 0 aliphatic rings. The van der Waals surface area contributed by atoms with Gasteiger partial charge in [-0.15, -0.1) is 34.0 Å². The highest BCUT2D eigenvalue weighted by atomic mass is 32.1. The Morgan fingerprint density at radius 3 is 0.992 bits per heavy atom. The lowest BCUT2D eigenvalue weighted by atomic mass is 9.92. The van der Waals surface area contributed by atoms with E-state index in [4.69, 9.17) is 44.9 Å². The van der Waals surface area contributed by atoms with Gasteiger partial charge in [0.05, 0.1) is 33.1 Å². The van der Waals surface area contributed by atoms with E-state index < -0.39 is 0 Å². The number of benzene rings is 17. The summed E-state index contributed by atoms with van der Waals surface area (Å²) >= 11 is 5.58. The van der Waals surface area contributed by atoms with Crippen LogP contribution in [0.25, 0.3) is 245 Å². The van der Waals surface area contributed by atoms with E-state index in [1.807, 2.05) is 107 Å². The standard InChI is InChI=1S/C114H70N12S3/c1-67(63-68-29-24-43-77(64-68)110-116-108(73-38-16-6-17-39-73)120-113(122-110)124-92-54-23-21-46-89(92)98-95(124)61-57-86-83-51-27-48-80(101(83)128-104(86)98)70-32-10-3-11-33-70)79-47-26-50-82-85-56-60-94-97(103(85)127-100(79)82)88-45-20-22-53-91(88)125(94)114-121-109(74-40-18-7-19-41-74)117-111(123-114)78-44-25-42-76(65-78)81-49-28-52-84-87-58-62-96-99(105(87)129-102(81)84)90-66-75(69-30-8-2-9-31-69)55-59-93(90)126(96)112-118-106(71-34-12-4-13-35-71)115-107(119-112)72-36-14-5-15-37-72/h2-62,64-67H,63H2,1H3. The molecule has 0 fully saturated rings. The van der Waals surface area contributed by atoms with E-state index in [1.54, 1.807) is 0 Å². The molecule has 0 radical (unpaired) electrons. The van der Waals surface area contributed by atoms with Gasteiger partial charge in [0.1, 0.15) is 0 Å². The molecule has 604 valence electrons. The monoisotopic (exact) mass is 1700 g/mol. The van der Waals surface area contributed by atoms with Gasteiger partial charge >= 0.3 is 0 Å². The Balaban J connectivity index is 0.565. The van der Waals surface area contributed by atoms with Crippen molar-refractivity contribution >= 4 is 160 Å². The van der Waals surface area contributed by atoms with Crippen LogP contribution >= 0.6 is 34.0 Å². The number of hydrogen-bond donors (Lipinski definition) is 0. The highest BCUT2D eigenvalue weighted by Crippen LogP contribution is 2.51. The third-order valence-corrected chi connectivity index (χ3v) is 29.3. The minimum Gasteiger partial charge on any atom is -0.278 e. The predicted octanol–water partition coefficient (Wildman–Crippen LogP) is 30.0. The van der Waals surface area contributed by atoms with Crippen molar-refractivity contribution in [3.63, 3.8) is 0 Å². The maximum absolute atomic E-state index is 5.59. The number of para-hydroxylation sites is 2. The average molecular weight is 1700 g/mol. The first-order valence-corrected chi connectivity index (χ1v) is 45.8. The van der Waals surface area contributed by atoms with E-state index in [0.717, 1.165) is 122 Å². The topological polar surface area (TPSA) is 131 Å². The van der Waals surface area contributed by atoms with Crippen LogP contribution in [0.15, 0.2) is 388 Å². The quantitative estimate of drug-likeness (QED) is 0.0984. The van der Waals surface area contributed by atoms with Gasteiger partial charge in [-0.2, -0.15) is 29.9 Å². The van der Waals surface area contributed by atoms with Crippen LogP contribution in [0.2, 0.25) is 0 Å². The Kier molecular flexibility index (Phi) is 17.3. The molecule has 129 heavy (non-hydrogen) atoms. The van der Waals surface area contributed by atoms with E-state index in [-0.39, 0.29) is 5.92 Å². The van der Waals surface area contributed by atoms with Crippen LogP contribution in [0.3, 0.4) is 0 Å². The summed E-state index contributed by atoms with van der Waals surface area (Å²) in [6.07, 6.45) is 0.782. The lowest BCUT2D eigenvalue weighted by Gasteiger charge is -2.15. The summed E-state index contributed by atoms with van der Waals surface area (Å²) in [5.74, 6) is 5.34. The number of nitrogens with zero attached hydrogens (tertiary/aromatic N) is 12. The van der Waals surface area contributed by atoms with Gasteiger partial charge in [0.25, 0.3) is 0 Å². The molecule has 9 heterocycles. The molecule has 12 nitrogen and oxygen atoms in total. The molecule has 9 aromatic heterocycles. The second kappa shape index (κ2) is 30.0. The molecule has 15 heteroatoms. The number of aromatic nitrogens is 12. The van der Waals surface area contributed by atoms with Crippen LogP contribution < -0.4 is 0 Å². The maximum atomic E-state index is 5.59. The second-order valence-electron chi connectivity index (χ2n) is 33.1. The predicted molar refractivity (Wildman–Crippen MR) is 536 cm³/mol. The molecule has 26 aromatic rings. The van der Waals surface area contributed by atoms with Gasteiger partial charge in [-0.3, -0.25) is 13.7 Å². The fourth-order valence-electron chi connectivity index (χ4n) is 19.6. The summed E-state index contributed by atoms with van der Waals surface area (Å²) in [4.78, 5) is 48.4. The molecule has 0 aliphatic carbocycles. The molecular weight excluding hydrogens is 1630 g/mol. The van der Waals surface area contributed by atoms with E-state index in [2.05, 4.69) is 336 Å². The van der Waals surface area contributed by atoms with Gasteiger partial charge < -0.3 is 0 Å². The van der Waals surface area contributed by atoms with Crippen molar-refractivity contribution < 1.29 is 0 Å². The highest BCUT2D eigenvalue weighted by molar-refractivity contribution is 7.28. The highest BCUT2D eigenvalue weighted by Gasteiger charge is 2.29. The van der Waals surface area contributed by atoms with Crippen molar-refractivity contribution in [1.82, 2.24) is 58.6 Å². The summed E-state index contributed by atoms with van der Waals surface area (Å²) < 4.78 is 14.1. The third kappa shape index (κ3) is 12.3. The number of thiophene rings is 3. The lowest BCUT2D eigenvalue weighted by molar-refractivity contribution is 0.767. The molecule has 0 aliphatic heterocycles. The summed E-state index contributed by atoms with van der Waals surface area (Å²) in [6.45, 7) is 2.37. The molecular formula is C114H70N12S3. The zero-order valence-corrected chi connectivity index (χ0v) is 71.8. The average Bonchev–Trinajstić information content (AvgIpc) is 1.56. The van der Waals surface area contributed by atoms with Crippen LogP contribution in [0.4, 0.5) is 0 Å². The molecule has 17 aromatic carbocycles. The van der Waals surface area contributed by atoms with Crippen molar-refractivity contribution in [2.75, 3.05) is 0 Å². The summed E-state index contributed by atoms with van der Waals surface area (Å²) in [7, 11) is 0. The molecule has 0 amide bonds. The fraction of sp³-hybridized carbons (Fsp3) is 0.0263. The van der Waals surface area contributed by atoms with Crippen LogP contribution in [-0.4, -0.2) is 58.6 Å². The molecule has 0 spiro atoms. The SMILES string of the molecule is CC(Cc1cccc(-c2nc(-c3ccccc3)nc(-n3c4ccccc4c4c5sc6c(-c7ccccc7)cccc6c5ccc43)n2)c1)c1cccc2c1sc1c2ccc2c1c1ccccc1n2-c1nc(-c2ccccc2)nc(-c2cccc(-c3cccc4c3sc3c4ccc4c3c3cc(-c5ccccc5)ccc3n4-c3nc(-c4ccccc4)nc(-c4ccccc4)n3)c2)n1. The lowest BCUT2D eigenvalue weighted by Crippen LogP contribution is -2.06. The smallest absolute Gasteiger partial charge is 0.238 e. The molecule has 0 saturated heterocycles. The van der Waals surface area contributed by atoms with E-state index >= 15 is 0 Å². The number of fused-ring (bicyclic) bond motifs is 21. The molecule has 1 unspecified atom stereocenters. The Bertz CT molecular complexity index is 9000. The van der Waals surface area contributed by atoms with Gasteiger partial charge in [0.15, 0.2) is 34.9 Å². The first-order chi connectivity index (χ1) is 63.9. The van der Waals surface area contributed by atoms with Crippen molar-refractivity contribution in [3.8, 4) is 120 Å². The molecule has 0 N–H and O–H groups in total. The maximum Gasteiger partial charge on any atom is 0.238 e. The Morgan fingerprint density at radius 2 is 0.527 bits per heavy atom. The van der Waals surface area contributed by atoms with Crippen LogP contribution in [0, 0.1) is 0 Å². The summed E-state index contributed by atoms with van der Waals surface area (Å²) in [5, 5.41) is 14.2. The molecule has 1 atom stereocenters. The second-order valence-corrected chi connectivity index (χ2v) is 36.2. The van der Waals surface area contributed by atoms with Gasteiger partial charge in [0, 0.05) is 126 Å². The van der Waals surface area contributed by atoms with Crippen molar-refractivity contribution in [2.24, 2.45) is 0 Å². The van der Waals surface area contributed by atoms with Crippen LogP contribution in [0.5, 0.6) is 0 Å². The third-order valence-electron chi connectivity index (χ3n) is 25.5. The summed E-state index contributed by atoms with van der Waals surface area (Å²) in [5.41, 5.74) is 20.9. The Labute approximate surface area is 751 Å². The fourth-order valence-corrected chi connectivity index (χ4v) is 23.8. The van der Waals surface area contributed by atoms with Gasteiger partial charge in [-0.1, -0.05) is 341 Å². The normalized spacial score (nSPS) is 12.2. The Morgan fingerprint density at radius 1 is 0.209 bits per heavy atom. The zero-order chi connectivity index (χ0) is 84.9. The molecule has 0 saturated carbocycles. The minimum absolute atomic E-state index is 0.130. The van der Waals surface area contributed by atoms with Gasteiger partial charge in [-0.25, -0.2) is 15.0 Å². The Hall–Kier alpha value is -16.2. The van der Waals surface area contributed by atoms with E-state index in [0.29, 0.717) is 52.8 Å². The minimum atomic E-state index is 0.130. The van der Waals surface area contributed by atoms with E-state index in [1.165, 1.54) is 88.2 Å². The van der Waals surface area contributed by atoms with E-state index in [9.17, 15) is 0 Å². The van der Waals surface area contributed by atoms with Crippen molar-refractivity contribution in [2.45, 2.75) is 19.3 Å². The van der Waals surface area contributed by atoms with Crippen LogP contribution in [-0.2, 0) is 6.42 Å². The number of hydrogen-bond acceptors (Lipinski definition) is 12. The first kappa shape index (κ1) is 74.3. The van der Waals surface area contributed by atoms with Gasteiger partial charge in [0.2, 0.25) is 17.8 Å². The summed E-state index contributed by atoms with van der Waals surface area (Å²) in [6, 6.07) is 138. The van der Waals surface area contributed by atoms with Crippen molar-refractivity contribution in [1.29, 1.82) is 0 Å². The van der Waals surface area contributed by atoms with Gasteiger partial charge in [-0.05, 0) is 111 Å².